The van der Waals surface area contributed by atoms with E-state index in [0.717, 1.165) is 24.3 Å². The number of nitrogens with zero attached hydrogens (tertiary/aromatic N) is 2. The predicted octanol–water partition coefficient (Wildman–Crippen LogP) is 2.14. The monoisotopic (exact) mass is 212 g/mol. The second-order valence-electron chi connectivity index (χ2n) is 3.84. The zero-order valence-electron chi connectivity index (χ0n) is 8.84. The summed E-state index contributed by atoms with van der Waals surface area (Å²) in [6, 6.07) is 10.2. The van der Waals surface area contributed by atoms with Gasteiger partial charge >= 0.3 is 0 Å². The molecule has 0 saturated heterocycles. The van der Waals surface area contributed by atoms with Crippen LogP contribution in [0.15, 0.2) is 42.9 Å². The zero-order valence-corrected chi connectivity index (χ0v) is 8.84. The lowest BCUT2D eigenvalue weighted by atomic mass is 9.99. The molecule has 0 radical (unpaired) electrons. The van der Waals surface area contributed by atoms with Gasteiger partial charge in [-0.15, -0.1) is 0 Å². The maximum Gasteiger partial charge on any atom is 0.125 e. The second-order valence-corrected chi connectivity index (χ2v) is 3.84. The van der Waals surface area contributed by atoms with Crippen molar-refractivity contribution >= 4 is 0 Å². The summed E-state index contributed by atoms with van der Waals surface area (Å²) >= 11 is 0. The minimum absolute atomic E-state index is 0.0343. The third-order valence-electron chi connectivity index (χ3n) is 2.83. The number of benzene rings is 1. The summed E-state index contributed by atoms with van der Waals surface area (Å²) < 4.78 is 5.80. The number of hydrogen-bond acceptors (Lipinski definition) is 3. The van der Waals surface area contributed by atoms with Crippen LogP contribution in [0, 0.1) is 0 Å². The Kier molecular flexibility index (Phi) is 2.38. The van der Waals surface area contributed by atoms with Crippen LogP contribution in [-0.2, 0) is 11.2 Å². The molecule has 1 unspecified atom stereocenters. The van der Waals surface area contributed by atoms with E-state index in [-0.39, 0.29) is 6.10 Å². The topological polar surface area (TPSA) is 35.0 Å². The number of hydrogen-bond donors (Lipinski definition) is 0. The fraction of sp³-hybridized carbons (Fsp3) is 0.231. The molecule has 16 heavy (non-hydrogen) atoms. The van der Waals surface area contributed by atoms with Crippen LogP contribution < -0.4 is 0 Å². The lowest BCUT2D eigenvalue weighted by Crippen LogP contribution is -2.19. The number of ether oxygens (including phenoxy) is 1. The Morgan fingerprint density at radius 3 is 2.94 bits per heavy atom. The first-order chi connectivity index (χ1) is 7.95. The molecule has 1 aliphatic rings. The number of fused-ring (bicyclic) bond motifs is 1. The van der Waals surface area contributed by atoms with Crippen LogP contribution in [0.3, 0.4) is 0 Å². The van der Waals surface area contributed by atoms with Crippen molar-refractivity contribution in [2.75, 3.05) is 6.61 Å². The van der Waals surface area contributed by atoms with Crippen LogP contribution in [0.1, 0.15) is 22.9 Å². The Morgan fingerprint density at radius 1 is 1.19 bits per heavy atom. The van der Waals surface area contributed by atoms with Gasteiger partial charge < -0.3 is 4.74 Å². The summed E-state index contributed by atoms with van der Waals surface area (Å²) in [7, 11) is 0. The molecule has 3 rings (SSSR count). The highest BCUT2D eigenvalue weighted by molar-refractivity contribution is 5.31. The largest absolute Gasteiger partial charge is 0.367 e. The van der Waals surface area contributed by atoms with Gasteiger partial charge in [-0.1, -0.05) is 30.3 Å². The van der Waals surface area contributed by atoms with Gasteiger partial charge in [0.1, 0.15) is 12.4 Å². The Balaban J connectivity index is 2.05. The molecule has 0 spiro atoms. The summed E-state index contributed by atoms with van der Waals surface area (Å²) in [5.41, 5.74) is 3.36. The van der Waals surface area contributed by atoms with Gasteiger partial charge in [-0.05, 0) is 17.5 Å². The summed E-state index contributed by atoms with van der Waals surface area (Å²) in [5.74, 6) is 0. The smallest absolute Gasteiger partial charge is 0.125 e. The van der Waals surface area contributed by atoms with Crippen molar-refractivity contribution in [3.05, 3.63) is 59.7 Å². The first kappa shape index (κ1) is 9.48. The second kappa shape index (κ2) is 4.02. The van der Waals surface area contributed by atoms with E-state index in [2.05, 4.69) is 22.1 Å². The van der Waals surface area contributed by atoms with Gasteiger partial charge in [-0.2, -0.15) is 0 Å². The van der Waals surface area contributed by atoms with Gasteiger partial charge in [0.25, 0.3) is 0 Å². The molecular weight excluding hydrogens is 200 g/mol. The zero-order chi connectivity index (χ0) is 10.8. The molecule has 0 aliphatic carbocycles. The Hall–Kier alpha value is -1.74. The maximum atomic E-state index is 5.80. The quantitative estimate of drug-likeness (QED) is 0.726. The van der Waals surface area contributed by atoms with Crippen LogP contribution >= 0.6 is 0 Å². The Morgan fingerprint density at radius 2 is 2.06 bits per heavy atom. The lowest BCUT2D eigenvalue weighted by molar-refractivity contribution is 0.0661. The summed E-state index contributed by atoms with van der Waals surface area (Å²) in [6.07, 6.45) is 4.34. The van der Waals surface area contributed by atoms with Crippen LogP contribution in [0.5, 0.6) is 0 Å². The highest BCUT2D eigenvalue weighted by atomic mass is 16.5. The molecule has 0 N–H and O–H groups in total. The maximum absolute atomic E-state index is 5.80. The Bertz CT molecular complexity index is 484. The van der Waals surface area contributed by atoms with E-state index < -0.39 is 0 Å². The highest BCUT2D eigenvalue weighted by Crippen LogP contribution is 2.30. The van der Waals surface area contributed by atoms with Gasteiger partial charge in [0.2, 0.25) is 0 Å². The van der Waals surface area contributed by atoms with E-state index in [4.69, 9.17) is 4.74 Å². The van der Waals surface area contributed by atoms with Gasteiger partial charge in [0, 0.05) is 6.20 Å². The molecule has 0 saturated carbocycles. The van der Waals surface area contributed by atoms with Crippen molar-refractivity contribution in [3.63, 3.8) is 0 Å². The molecule has 1 atom stereocenters. The van der Waals surface area contributed by atoms with Crippen LogP contribution in [0.25, 0.3) is 0 Å². The molecule has 80 valence electrons. The molecule has 0 amide bonds. The van der Waals surface area contributed by atoms with E-state index in [0.29, 0.717) is 0 Å². The molecule has 3 heteroatoms. The molecule has 2 aromatic rings. The van der Waals surface area contributed by atoms with E-state index in [1.807, 2.05) is 24.4 Å². The Labute approximate surface area is 94.1 Å². The molecular formula is C13H12N2O. The molecule has 0 bridgehead atoms. The third kappa shape index (κ3) is 1.59. The number of aromatic nitrogens is 2. The van der Waals surface area contributed by atoms with E-state index >= 15 is 0 Å². The first-order valence-electron chi connectivity index (χ1n) is 5.40. The third-order valence-corrected chi connectivity index (χ3v) is 2.83. The molecule has 0 fully saturated rings. The van der Waals surface area contributed by atoms with Gasteiger partial charge in [0.05, 0.1) is 12.3 Å². The number of rotatable bonds is 1. The standard InChI is InChI=1S/C13H12N2O/c1-2-4-10(5-3-1)13-12-11(6-7-16-13)8-14-9-15-12/h1-5,8-9,13H,6-7H2. The summed E-state index contributed by atoms with van der Waals surface area (Å²) in [6.45, 7) is 0.736. The molecule has 1 aliphatic heterocycles. The van der Waals surface area contributed by atoms with Crippen molar-refractivity contribution in [3.8, 4) is 0 Å². The van der Waals surface area contributed by atoms with E-state index in [9.17, 15) is 0 Å². The van der Waals surface area contributed by atoms with Gasteiger partial charge in [0.15, 0.2) is 0 Å². The fourth-order valence-corrected chi connectivity index (χ4v) is 2.04. The molecule has 1 aromatic carbocycles. The summed E-state index contributed by atoms with van der Waals surface area (Å²) in [4.78, 5) is 8.40. The fourth-order valence-electron chi connectivity index (χ4n) is 2.04. The van der Waals surface area contributed by atoms with Crippen molar-refractivity contribution in [1.82, 2.24) is 9.97 Å². The summed E-state index contributed by atoms with van der Waals surface area (Å²) in [5, 5.41) is 0. The van der Waals surface area contributed by atoms with E-state index in [1.54, 1.807) is 6.33 Å². The highest BCUT2D eigenvalue weighted by Gasteiger charge is 2.23. The average molecular weight is 212 g/mol. The minimum Gasteiger partial charge on any atom is -0.367 e. The van der Waals surface area contributed by atoms with Gasteiger partial charge in [-0.25, -0.2) is 9.97 Å². The van der Waals surface area contributed by atoms with Crippen LogP contribution in [0.4, 0.5) is 0 Å². The predicted molar refractivity (Wildman–Crippen MR) is 60.0 cm³/mol. The average Bonchev–Trinajstić information content (AvgIpc) is 2.39. The SMILES string of the molecule is c1ccc(C2OCCc3cncnc32)cc1. The van der Waals surface area contributed by atoms with Gasteiger partial charge in [-0.3, -0.25) is 0 Å². The van der Waals surface area contributed by atoms with Crippen molar-refractivity contribution < 1.29 is 4.74 Å². The van der Waals surface area contributed by atoms with Crippen LogP contribution in [-0.4, -0.2) is 16.6 Å². The molecule has 1 aromatic heterocycles. The van der Waals surface area contributed by atoms with Crippen molar-refractivity contribution in [2.45, 2.75) is 12.5 Å². The van der Waals surface area contributed by atoms with Crippen molar-refractivity contribution in [1.29, 1.82) is 0 Å². The van der Waals surface area contributed by atoms with Crippen LogP contribution in [0.2, 0.25) is 0 Å². The van der Waals surface area contributed by atoms with Crippen molar-refractivity contribution in [2.24, 2.45) is 0 Å². The molecule has 3 nitrogen and oxygen atoms in total. The molecule has 2 heterocycles. The minimum atomic E-state index is -0.0343. The van der Waals surface area contributed by atoms with E-state index in [1.165, 1.54) is 5.56 Å². The normalized spacial score (nSPS) is 19.1. The lowest BCUT2D eigenvalue weighted by Gasteiger charge is -2.24. The first-order valence-corrected chi connectivity index (χ1v) is 5.40.